The molecular formula is C30H28N4O4. The molecule has 0 aliphatic carbocycles. The fraction of sp³-hybridized carbons (Fsp3) is 0.233. The number of aliphatic hydroxyl groups is 1. The van der Waals surface area contributed by atoms with E-state index in [1.165, 1.54) is 4.90 Å². The van der Waals surface area contributed by atoms with Crippen LogP contribution in [0.5, 0.6) is 5.75 Å². The van der Waals surface area contributed by atoms with Crippen molar-refractivity contribution in [2.75, 3.05) is 30.5 Å². The molecule has 1 saturated heterocycles. The lowest BCUT2D eigenvalue weighted by atomic mass is 9.94. The van der Waals surface area contributed by atoms with Crippen molar-refractivity contribution in [2.24, 2.45) is 0 Å². The van der Waals surface area contributed by atoms with Gasteiger partial charge in [-0.3, -0.25) is 14.5 Å². The zero-order valence-electron chi connectivity index (χ0n) is 21.7. The molecule has 8 nitrogen and oxygen atoms in total. The van der Waals surface area contributed by atoms with E-state index in [0.717, 1.165) is 40.1 Å². The summed E-state index contributed by atoms with van der Waals surface area (Å²) in [5.74, 6) is -0.690. The van der Waals surface area contributed by atoms with Gasteiger partial charge in [0.05, 0.1) is 29.3 Å². The number of hydrogen-bond donors (Lipinski definition) is 2. The quantitative estimate of drug-likeness (QED) is 0.233. The van der Waals surface area contributed by atoms with Gasteiger partial charge in [0, 0.05) is 31.8 Å². The SMILES string of the molecule is Cc1cc2nc(N3C(=O)C(=O)/C(=C(/O)c4ccc5c(c4)CCO5)C3c3ccc(N(C)C)cc3)[nH]c2cc1C. The number of ether oxygens (including phenoxy) is 1. The summed E-state index contributed by atoms with van der Waals surface area (Å²) in [6, 6.07) is 16.0. The second kappa shape index (κ2) is 8.76. The van der Waals surface area contributed by atoms with Crippen molar-refractivity contribution >= 4 is 40.1 Å². The number of carbonyl (C=O) groups is 2. The Bertz CT molecular complexity index is 1610. The highest BCUT2D eigenvalue weighted by Gasteiger charge is 2.48. The molecule has 38 heavy (non-hydrogen) atoms. The first-order valence-electron chi connectivity index (χ1n) is 12.5. The molecule has 2 aliphatic rings. The number of amides is 1. The van der Waals surface area contributed by atoms with Crippen molar-refractivity contribution in [2.45, 2.75) is 26.3 Å². The first kappa shape index (κ1) is 23.8. The number of aryl methyl sites for hydroxylation is 2. The Morgan fingerprint density at radius 1 is 1.05 bits per heavy atom. The summed E-state index contributed by atoms with van der Waals surface area (Å²) >= 11 is 0. The Morgan fingerprint density at radius 2 is 1.79 bits per heavy atom. The summed E-state index contributed by atoms with van der Waals surface area (Å²) in [4.78, 5) is 38.3. The Balaban J connectivity index is 1.54. The third kappa shape index (κ3) is 3.72. The Morgan fingerprint density at radius 3 is 2.53 bits per heavy atom. The van der Waals surface area contributed by atoms with Crippen LogP contribution in [0.4, 0.5) is 11.6 Å². The first-order valence-corrected chi connectivity index (χ1v) is 12.5. The number of rotatable bonds is 4. The summed E-state index contributed by atoms with van der Waals surface area (Å²) in [6.07, 6.45) is 0.720. The van der Waals surface area contributed by atoms with Gasteiger partial charge in [-0.1, -0.05) is 12.1 Å². The molecule has 2 aliphatic heterocycles. The molecule has 0 bridgehead atoms. The predicted molar refractivity (Wildman–Crippen MR) is 147 cm³/mol. The number of carbonyl (C=O) groups excluding carboxylic acids is 2. The molecule has 1 atom stereocenters. The maximum Gasteiger partial charge on any atom is 0.302 e. The van der Waals surface area contributed by atoms with Crippen LogP contribution < -0.4 is 14.5 Å². The van der Waals surface area contributed by atoms with E-state index in [-0.39, 0.29) is 17.3 Å². The minimum atomic E-state index is -0.863. The number of fused-ring (bicyclic) bond motifs is 2. The number of nitrogens with zero attached hydrogens (tertiary/aromatic N) is 3. The van der Waals surface area contributed by atoms with Crippen LogP contribution in [0.3, 0.4) is 0 Å². The fourth-order valence-electron chi connectivity index (χ4n) is 5.18. The molecule has 8 heteroatoms. The monoisotopic (exact) mass is 508 g/mol. The largest absolute Gasteiger partial charge is 0.507 e. The molecule has 0 radical (unpaired) electrons. The summed E-state index contributed by atoms with van der Waals surface area (Å²) in [7, 11) is 3.88. The summed E-state index contributed by atoms with van der Waals surface area (Å²) in [5.41, 5.74) is 6.75. The molecule has 0 spiro atoms. The van der Waals surface area contributed by atoms with Crippen molar-refractivity contribution in [3.8, 4) is 5.75 Å². The highest BCUT2D eigenvalue weighted by molar-refractivity contribution is 6.51. The van der Waals surface area contributed by atoms with Crippen molar-refractivity contribution in [1.82, 2.24) is 9.97 Å². The zero-order chi connectivity index (χ0) is 26.7. The lowest BCUT2D eigenvalue weighted by molar-refractivity contribution is -0.132. The number of anilines is 2. The molecule has 2 N–H and O–H groups in total. The summed E-state index contributed by atoms with van der Waals surface area (Å²) in [5, 5.41) is 11.5. The average Bonchev–Trinajstić information content (AvgIpc) is 3.60. The Hall–Kier alpha value is -4.59. The number of aromatic amines is 1. The number of nitrogens with one attached hydrogen (secondary N) is 1. The number of ketones is 1. The topological polar surface area (TPSA) is 98.8 Å². The number of aromatic nitrogens is 2. The second-order valence-electron chi connectivity index (χ2n) is 10.1. The number of Topliss-reactive ketones (excluding diaryl/α,β-unsaturated/α-hetero) is 1. The number of benzene rings is 3. The van der Waals surface area contributed by atoms with E-state index in [0.29, 0.717) is 23.3 Å². The van der Waals surface area contributed by atoms with Crippen LogP contribution in [0, 0.1) is 13.8 Å². The van der Waals surface area contributed by atoms with Crippen LogP contribution in [0.25, 0.3) is 16.8 Å². The second-order valence-corrected chi connectivity index (χ2v) is 10.1. The van der Waals surface area contributed by atoms with E-state index < -0.39 is 17.7 Å². The van der Waals surface area contributed by atoms with Crippen LogP contribution in [0.1, 0.15) is 33.9 Å². The number of aliphatic hydroxyl groups excluding tert-OH is 1. The van der Waals surface area contributed by atoms with Crippen LogP contribution in [-0.2, 0) is 16.0 Å². The zero-order valence-corrected chi connectivity index (χ0v) is 21.7. The van der Waals surface area contributed by atoms with Gasteiger partial charge in [0.15, 0.2) is 0 Å². The third-order valence-electron chi connectivity index (χ3n) is 7.45. The van der Waals surface area contributed by atoms with Gasteiger partial charge in [-0.25, -0.2) is 4.98 Å². The fourth-order valence-corrected chi connectivity index (χ4v) is 5.18. The van der Waals surface area contributed by atoms with Gasteiger partial charge in [0.1, 0.15) is 11.5 Å². The Labute approximate surface area is 220 Å². The molecule has 3 aromatic carbocycles. The number of imidazole rings is 1. The normalized spacial score (nSPS) is 18.2. The lowest BCUT2D eigenvalue weighted by Gasteiger charge is -2.24. The summed E-state index contributed by atoms with van der Waals surface area (Å²) in [6.45, 7) is 4.59. The molecule has 3 heterocycles. The van der Waals surface area contributed by atoms with E-state index in [9.17, 15) is 14.7 Å². The molecular weight excluding hydrogens is 480 g/mol. The third-order valence-corrected chi connectivity index (χ3v) is 7.45. The molecule has 6 rings (SSSR count). The van der Waals surface area contributed by atoms with Crippen LogP contribution in [0.15, 0.2) is 60.2 Å². The first-order chi connectivity index (χ1) is 18.2. The maximum atomic E-state index is 13.6. The van der Waals surface area contributed by atoms with Gasteiger partial charge < -0.3 is 19.7 Å². The average molecular weight is 509 g/mol. The molecule has 192 valence electrons. The number of hydrogen-bond acceptors (Lipinski definition) is 6. The van der Waals surface area contributed by atoms with E-state index in [4.69, 9.17) is 4.74 Å². The molecule has 1 fully saturated rings. The van der Waals surface area contributed by atoms with Gasteiger partial charge in [-0.15, -0.1) is 0 Å². The number of H-pyrrole nitrogens is 1. The van der Waals surface area contributed by atoms with E-state index in [2.05, 4.69) is 9.97 Å². The van der Waals surface area contributed by atoms with Gasteiger partial charge in [-0.05, 0) is 78.6 Å². The summed E-state index contributed by atoms with van der Waals surface area (Å²) < 4.78 is 5.59. The van der Waals surface area contributed by atoms with Gasteiger partial charge in [0.25, 0.3) is 5.78 Å². The van der Waals surface area contributed by atoms with Crippen molar-refractivity contribution < 1.29 is 19.4 Å². The van der Waals surface area contributed by atoms with E-state index >= 15 is 0 Å². The Kier molecular flexibility index (Phi) is 5.48. The van der Waals surface area contributed by atoms with Crippen LogP contribution in [0.2, 0.25) is 0 Å². The molecule has 4 aromatic rings. The maximum absolute atomic E-state index is 13.6. The standard InChI is InChI=1S/C30H28N4O4/c1-16-13-22-23(14-17(16)2)32-30(31-22)34-26(18-5-8-21(9-6-18)33(3)4)25(28(36)29(34)37)27(35)20-7-10-24-19(15-20)11-12-38-24/h5-10,13-15,26,35H,11-12H2,1-4H3,(H,31,32)/b27-25+. The van der Waals surface area contributed by atoms with Crippen molar-refractivity contribution in [1.29, 1.82) is 0 Å². The molecule has 1 aromatic heterocycles. The van der Waals surface area contributed by atoms with Crippen LogP contribution in [-0.4, -0.2) is 47.5 Å². The highest BCUT2D eigenvalue weighted by Crippen LogP contribution is 2.42. The van der Waals surface area contributed by atoms with Crippen molar-refractivity contribution in [3.63, 3.8) is 0 Å². The van der Waals surface area contributed by atoms with Crippen molar-refractivity contribution in [3.05, 3.63) is 88.0 Å². The van der Waals surface area contributed by atoms with E-state index in [1.54, 1.807) is 12.1 Å². The molecule has 1 unspecified atom stereocenters. The van der Waals surface area contributed by atoms with E-state index in [1.807, 2.05) is 75.3 Å². The minimum Gasteiger partial charge on any atom is -0.507 e. The lowest BCUT2D eigenvalue weighted by Crippen LogP contribution is -2.30. The predicted octanol–water partition coefficient (Wildman–Crippen LogP) is 4.81. The van der Waals surface area contributed by atoms with Gasteiger partial charge in [0.2, 0.25) is 5.95 Å². The highest BCUT2D eigenvalue weighted by atomic mass is 16.5. The minimum absolute atomic E-state index is 0.0271. The van der Waals surface area contributed by atoms with Gasteiger partial charge >= 0.3 is 5.91 Å². The molecule has 0 saturated carbocycles. The molecule has 1 amide bonds. The van der Waals surface area contributed by atoms with Crippen LogP contribution >= 0.6 is 0 Å². The van der Waals surface area contributed by atoms with Gasteiger partial charge in [-0.2, -0.15) is 0 Å². The smallest absolute Gasteiger partial charge is 0.302 e.